The van der Waals surface area contributed by atoms with Gasteiger partial charge in [0.2, 0.25) is 0 Å². The molecule has 0 amide bonds. The molecule has 0 spiro atoms. The average Bonchev–Trinajstić information content (AvgIpc) is 3.81. The van der Waals surface area contributed by atoms with Crippen LogP contribution < -0.4 is 20.7 Å². The summed E-state index contributed by atoms with van der Waals surface area (Å²) in [6, 6.07) is 85.2. The lowest BCUT2D eigenvalue weighted by Gasteiger charge is -2.34. The standard InChI is InChI=1S/C54H38N2Si/c1-6-20-39(21-7-1)45-35-36-48-46-30-16-18-32-50(46)55(40-22-8-2-9-23-40)54(48)53(45)56-51-33-19-17-31-47(51)49-38-44(34-37-52(49)56)57(41-24-10-3-11-25-41,42-26-12-4-13-27-42)43-28-14-5-15-29-43/h1-38H. The van der Waals surface area contributed by atoms with Gasteiger partial charge >= 0.3 is 0 Å². The molecule has 3 heteroatoms. The van der Waals surface area contributed by atoms with E-state index in [1.807, 2.05) is 0 Å². The maximum absolute atomic E-state index is 2.77. The molecular weight excluding hydrogens is 705 g/mol. The van der Waals surface area contributed by atoms with Crippen LogP contribution in [0.25, 0.3) is 66.1 Å². The zero-order chi connectivity index (χ0) is 37.8. The molecule has 0 aliphatic carbocycles. The normalized spacial score (nSPS) is 11.9. The molecule has 9 aromatic carbocycles. The smallest absolute Gasteiger partial charge is 0.179 e. The van der Waals surface area contributed by atoms with Crippen LogP contribution in [0.3, 0.4) is 0 Å². The van der Waals surface area contributed by atoms with E-state index in [0.717, 1.165) is 5.69 Å². The Labute approximate surface area is 333 Å². The molecule has 0 unspecified atom stereocenters. The van der Waals surface area contributed by atoms with Gasteiger partial charge in [-0.05, 0) is 56.6 Å². The number of rotatable bonds is 7. The van der Waals surface area contributed by atoms with Crippen molar-refractivity contribution in [1.29, 1.82) is 0 Å². The Hall–Kier alpha value is -7.20. The molecule has 0 radical (unpaired) electrons. The highest BCUT2D eigenvalue weighted by Gasteiger charge is 2.41. The molecule has 11 aromatic rings. The van der Waals surface area contributed by atoms with Crippen molar-refractivity contribution >= 4 is 72.4 Å². The van der Waals surface area contributed by atoms with Gasteiger partial charge in [-0.1, -0.05) is 200 Å². The maximum Gasteiger partial charge on any atom is 0.179 e. The molecule has 0 aliphatic rings. The molecule has 2 aromatic heterocycles. The third-order valence-electron chi connectivity index (χ3n) is 11.9. The zero-order valence-corrected chi connectivity index (χ0v) is 32.3. The van der Waals surface area contributed by atoms with Crippen molar-refractivity contribution in [3.8, 4) is 22.5 Å². The Morgan fingerprint density at radius 1 is 0.298 bits per heavy atom. The minimum absolute atomic E-state index is 1.14. The fourth-order valence-electron chi connectivity index (χ4n) is 9.47. The van der Waals surface area contributed by atoms with Crippen LogP contribution in [0.1, 0.15) is 0 Å². The second-order valence-electron chi connectivity index (χ2n) is 14.8. The van der Waals surface area contributed by atoms with Crippen molar-refractivity contribution in [2.75, 3.05) is 0 Å². The lowest BCUT2D eigenvalue weighted by molar-refractivity contribution is 1.13. The van der Waals surface area contributed by atoms with Crippen LogP contribution in [0.5, 0.6) is 0 Å². The molecule has 2 heterocycles. The molecule has 2 nitrogen and oxygen atoms in total. The van der Waals surface area contributed by atoms with Gasteiger partial charge in [0.1, 0.15) is 0 Å². The average molecular weight is 743 g/mol. The Morgan fingerprint density at radius 3 is 1.33 bits per heavy atom. The van der Waals surface area contributed by atoms with Gasteiger partial charge in [-0.25, -0.2) is 0 Å². The van der Waals surface area contributed by atoms with E-state index in [0.29, 0.717) is 0 Å². The third-order valence-corrected chi connectivity index (χ3v) is 16.6. The first-order chi connectivity index (χ1) is 28.3. The van der Waals surface area contributed by atoms with Crippen molar-refractivity contribution in [1.82, 2.24) is 9.13 Å². The van der Waals surface area contributed by atoms with Crippen LogP contribution >= 0.6 is 0 Å². The quantitative estimate of drug-likeness (QED) is 0.114. The van der Waals surface area contributed by atoms with Gasteiger partial charge in [0.25, 0.3) is 0 Å². The van der Waals surface area contributed by atoms with E-state index in [9.17, 15) is 0 Å². The van der Waals surface area contributed by atoms with E-state index in [2.05, 4.69) is 240 Å². The fraction of sp³-hybridized carbons (Fsp3) is 0. The van der Waals surface area contributed by atoms with Crippen LogP contribution in [0.4, 0.5) is 0 Å². The summed E-state index contributed by atoms with van der Waals surface area (Å²) < 4.78 is 5.02. The molecule has 0 bridgehead atoms. The van der Waals surface area contributed by atoms with Crippen molar-refractivity contribution in [3.63, 3.8) is 0 Å². The Bertz CT molecular complexity index is 3110. The summed E-state index contributed by atoms with van der Waals surface area (Å²) >= 11 is 0. The van der Waals surface area contributed by atoms with Gasteiger partial charge in [-0.15, -0.1) is 0 Å². The summed E-state index contributed by atoms with van der Waals surface area (Å²) in [5.41, 5.74) is 9.45. The highest BCUT2D eigenvalue weighted by Crippen LogP contribution is 2.43. The largest absolute Gasteiger partial charge is 0.307 e. The summed E-state index contributed by atoms with van der Waals surface area (Å²) in [4.78, 5) is 0. The van der Waals surface area contributed by atoms with Crippen molar-refractivity contribution in [2.45, 2.75) is 0 Å². The number of aromatic nitrogens is 2. The molecule has 0 N–H and O–H groups in total. The van der Waals surface area contributed by atoms with E-state index in [-0.39, 0.29) is 0 Å². The van der Waals surface area contributed by atoms with Crippen LogP contribution in [0, 0.1) is 0 Å². The van der Waals surface area contributed by atoms with E-state index in [4.69, 9.17) is 0 Å². The predicted molar refractivity (Wildman–Crippen MR) is 244 cm³/mol. The third kappa shape index (κ3) is 5.10. The molecule has 0 saturated heterocycles. The first-order valence-corrected chi connectivity index (χ1v) is 21.7. The van der Waals surface area contributed by atoms with E-state index in [1.54, 1.807) is 0 Å². The van der Waals surface area contributed by atoms with Crippen LogP contribution in [0.15, 0.2) is 231 Å². The van der Waals surface area contributed by atoms with Gasteiger partial charge in [-0.3, -0.25) is 0 Å². The van der Waals surface area contributed by atoms with Gasteiger partial charge in [0.15, 0.2) is 8.07 Å². The summed E-state index contributed by atoms with van der Waals surface area (Å²) in [6.07, 6.45) is 0. The van der Waals surface area contributed by atoms with Crippen molar-refractivity contribution < 1.29 is 0 Å². The predicted octanol–water partition coefficient (Wildman–Crippen LogP) is 10.9. The van der Waals surface area contributed by atoms with Crippen LogP contribution in [-0.2, 0) is 0 Å². The Balaban J connectivity index is 1.30. The second-order valence-corrected chi connectivity index (χ2v) is 18.7. The Kier molecular flexibility index (Phi) is 7.87. The number of hydrogen-bond donors (Lipinski definition) is 0. The van der Waals surface area contributed by atoms with E-state index in [1.165, 1.54) is 81.2 Å². The van der Waals surface area contributed by atoms with E-state index >= 15 is 0 Å². The minimum Gasteiger partial charge on any atom is -0.307 e. The van der Waals surface area contributed by atoms with Crippen molar-refractivity contribution in [3.05, 3.63) is 231 Å². The number of nitrogens with zero attached hydrogens (tertiary/aromatic N) is 2. The first kappa shape index (κ1) is 33.2. The lowest BCUT2D eigenvalue weighted by Crippen LogP contribution is -2.74. The number of fused-ring (bicyclic) bond motifs is 6. The first-order valence-electron chi connectivity index (χ1n) is 19.7. The molecule has 0 saturated carbocycles. The summed E-state index contributed by atoms with van der Waals surface area (Å²) in [6.45, 7) is 0. The highest BCUT2D eigenvalue weighted by atomic mass is 28.3. The van der Waals surface area contributed by atoms with Gasteiger partial charge < -0.3 is 9.13 Å². The van der Waals surface area contributed by atoms with Gasteiger partial charge in [-0.2, -0.15) is 0 Å². The molecule has 57 heavy (non-hydrogen) atoms. The summed E-state index contributed by atoms with van der Waals surface area (Å²) in [7, 11) is -2.77. The monoisotopic (exact) mass is 742 g/mol. The van der Waals surface area contributed by atoms with Crippen LogP contribution in [0.2, 0.25) is 0 Å². The maximum atomic E-state index is 2.55. The lowest BCUT2D eigenvalue weighted by atomic mass is 10.00. The van der Waals surface area contributed by atoms with Gasteiger partial charge in [0.05, 0.1) is 27.8 Å². The Morgan fingerprint density at radius 2 is 0.754 bits per heavy atom. The number of hydrogen-bond acceptors (Lipinski definition) is 0. The van der Waals surface area contributed by atoms with Crippen LogP contribution in [-0.4, -0.2) is 17.2 Å². The van der Waals surface area contributed by atoms with E-state index < -0.39 is 8.07 Å². The molecule has 0 fully saturated rings. The van der Waals surface area contributed by atoms with Crippen molar-refractivity contribution in [2.24, 2.45) is 0 Å². The second kappa shape index (κ2) is 13.5. The minimum atomic E-state index is -2.77. The number of para-hydroxylation sites is 3. The molecule has 268 valence electrons. The van der Waals surface area contributed by atoms with Gasteiger partial charge in [0, 0.05) is 32.8 Å². The SMILES string of the molecule is c1ccc(-c2ccc3c4ccccc4n(-c4ccccc4)c3c2-n2c3ccccc3c3cc([Si](c4ccccc4)(c4ccccc4)c4ccccc4)ccc32)cc1. The molecule has 0 atom stereocenters. The summed E-state index contributed by atoms with van der Waals surface area (Å²) in [5, 5.41) is 10.4. The zero-order valence-electron chi connectivity index (χ0n) is 31.3. The summed E-state index contributed by atoms with van der Waals surface area (Å²) in [5.74, 6) is 0. The molecule has 0 aliphatic heterocycles. The molecule has 11 rings (SSSR count). The number of benzene rings is 9. The fourth-order valence-corrected chi connectivity index (χ4v) is 14.2. The molecular formula is C54H38N2Si. The highest BCUT2D eigenvalue weighted by molar-refractivity contribution is 7.20. The topological polar surface area (TPSA) is 9.86 Å².